The van der Waals surface area contributed by atoms with Crippen molar-refractivity contribution >= 4 is 0 Å². The number of aromatic nitrogens is 4. The molecular weight excluding hydrogens is 636 g/mol. The van der Waals surface area contributed by atoms with Crippen LogP contribution in [0.3, 0.4) is 0 Å². The van der Waals surface area contributed by atoms with E-state index in [-0.39, 0.29) is 0 Å². The van der Waals surface area contributed by atoms with E-state index in [1.165, 1.54) is 32.1 Å². The standard InChI is InChI=1S/C39H50N4O7/c1-2-4-6-8-18-47-36-28-40-38(41-29-36)32-10-14-34(15-11-32)49-26-24-45-22-20-44-21-23-46-25-27-50-35-16-12-33(13-17-35)39-42-30-37(31-43-39)48-19-9-7-5-3-1/h10-17,28-31H,1-9,18-27H2. The van der Waals surface area contributed by atoms with E-state index in [2.05, 4.69) is 19.9 Å². The van der Waals surface area contributed by atoms with E-state index >= 15 is 0 Å². The molecule has 0 saturated heterocycles. The van der Waals surface area contributed by atoms with Crippen molar-refractivity contribution in [1.29, 1.82) is 0 Å². The summed E-state index contributed by atoms with van der Waals surface area (Å²) in [6.45, 7) is 5.15. The van der Waals surface area contributed by atoms with E-state index in [1.807, 2.05) is 48.5 Å². The predicted octanol–water partition coefficient (Wildman–Crippen LogP) is 7.39. The Labute approximate surface area is 295 Å². The van der Waals surface area contributed by atoms with E-state index < -0.39 is 0 Å². The summed E-state index contributed by atoms with van der Waals surface area (Å²) in [5.41, 5.74) is 1.84. The Bertz CT molecular complexity index is 1230. The third-order valence-corrected chi connectivity index (χ3v) is 8.04. The fourth-order valence-electron chi connectivity index (χ4n) is 5.28. The maximum absolute atomic E-state index is 5.87. The molecule has 12 heterocycles. The average Bonchev–Trinajstić information content (AvgIpc) is 3.16. The number of hydrogen-bond acceptors (Lipinski definition) is 11. The largest absolute Gasteiger partial charge is 0.491 e. The molecule has 11 nitrogen and oxygen atoms in total. The molecule has 0 radical (unpaired) electrons. The van der Waals surface area contributed by atoms with Crippen molar-refractivity contribution in [2.45, 2.75) is 57.8 Å². The fraction of sp³-hybridized carbons (Fsp3) is 0.487. The zero-order valence-electron chi connectivity index (χ0n) is 29.0. The van der Waals surface area contributed by atoms with Crippen molar-refractivity contribution in [3.8, 4) is 45.8 Å². The smallest absolute Gasteiger partial charge is 0.159 e. The van der Waals surface area contributed by atoms with Gasteiger partial charge in [-0.05, 0) is 61.4 Å². The molecule has 0 unspecified atom stereocenters. The van der Waals surface area contributed by atoms with Gasteiger partial charge in [-0.1, -0.05) is 44.9 Å². The van der Waals surface area contributed by atoms with Crippen LogP contribution in [0, 0.1) is 0 Å². The van der Waals surface area contributed by atoms with Gasteiger partial charge in [-0.3, -0.25) is 0 Å². The highest BCUT2D eigenvalue weighted by atomic mass is 16.6. The van der Waals surface area contributed by atoms with Crippen LogP contribution in [-0.2, 0) is 14.2 Å². The Balaban J connectivity index is 1.02. The van der Waals surface area contributed by atoms with Gasteiger partial charge in [0.25, 0.3) is 0 Å². The van der Waals surface area contributed by atoms with Crippen molar-refractivity contribution in [1.82, 2.24) is 19.9 Å². The molecule has 0 fully saturated rings. The van der Waals surface area contributed by atoms with Crippen LogP contribution in [0.4, 0.5) is 0 Å². The topological polar surface area (TPSA) is 116 Å². The summed E-state index contributed by atoms with van der Waals surface area (Å²) in [6, 6.07) is 15.5. The van der Waals surface area contributed by atoms with Crippen LogP contribution in [0.15, 0.2) is 73.3 Å². The molecular formula is C39H50N4O7. The summed E-state index contributed by atoms with van der Waals surface area (Å²) in [5, 5.41) is 0. The SMILES string of the molecule is c1nc2ncc1OCCCCCCCCCCCOc1cnc(nc1)-c1ccc(cc1)OCCOCCOCCOCCOc1ccc-2cc1. The molecule has 0 spiro atoms. The molecule has 2 aromatic heterocycles. The van der Waals surface area contributed by atoms with Crippen molar-refractivity contribution < 1.29 is 33.2 Å². The molecule has 268 valence electrons. The first-order chi connectivity index (χ1) is 24.8. The molecule has 0 saturated carbocycles. The predicted molar refractivity (Wildman–Crippen MR) is 191 cm³/mol. The van der Waals surface area contributed by atoms with E-state index in [9.17, 15) is 0 Å². The number of benzene rings is 2. The quantitative estimate of drug-likeness (QED) is 0.184. The van der Waals surface area contributed by atoms with E-state index in [0.717, 1.165) is 48.3 Å². The van der Waals surface area contributed by atoms with Gasteiger partial charge < -0.3 is 33.2 Å². The second-order valence-corrected chi connectivity index (χ2v) is 11.9. The highest BCUT2D eigenvalue weighted by Crippen LogP contribution is 2.22. The van der Waals surface area contributed by atoms with Gasteiger partial charge in [0.2, 0.25) is 0 Å². The maximum Gasteiger partial charge on any atom is 0.159 e. The van der Waals surface area contributed by atoms with E-state index in [0.29, 0.717) is 89.2 Å². The summed E-state index contributed by atoms with van der Waals surface area (Å²) in [7, 11) is 0. The third kappa shape index (κ3) is 13.9. The number of hydrogen-bond donors (Lipinski definition) is 0. The highest BCUT2D eigenvalue weighted by molar-refractivity contribution is 5.57. The Morgan fingerprint density at radius 1 is 0.300 bits per heavy atom. The van der Waals surface area contributed by atoms with Gasteiger partial charge in [-0.15, -0.1) is 0 Å². The third-order valence-electron chi connectivity index (χ3n) is 8.04. The van der Waals surface area contributed by atoms with Crippen molar-refractivity contribution in [3.63, 3.8) is 0 Å². The number of rotatable bonds is 0. The summed E-state index contributed by atoms with van der Waals surface area (Å²) in [5.74, 6) is 4.23. The molecule has 10 aliphatic rings. The Morgan fingerprint density at radius 3 is 0.960 bits per heavy atom. The first-order valence-electron chi connectivity index (χ1n) is 17.9. The minimum Gasteiger partial charge on any atom is -0.491 e. The highest BCUT2D eigenvalue weighted by Gasteiger charge is 2.06. The second kappa shape index (κ2) is 22.4. The molecule has 50 heavy (non-hydrogen) atoms. The lowest BCUT2D eigenvalue weighted by Gasteiger charge is -2.10. The van der Waals surface area contributed by atoms with Gasteiger partial charge in [-0.2, -0.15) is 0 Å². The van der Waals surface area contributed by atoms with Crippen LogP contribution >= 0.6 is 0 Å². The maximum atomic E-state index is 5.87. The number of nitrogens with zero attached hydrogens (tertiary/aromatic N) is 4. The summed E-state index contributed by atoms with van der Waals surface area (Å²) < 4.78 is 40.1. The van der Waals surface area contributed by atoms with Gasteiger partial charge in [0.05, 0.1) is 77.6 Å². The zero-order valence-corrected chi connectivity index (χ0v) is 29.0. The van der Waals surface area contributed by atoms with Crippen LogP contribution in [0.25, 0.3) is 22.8 Å². The van der Waals surface area contributed by atoms with Crippen LogP contribution < -0.4 is 18.9 Å². The Hall–Kier alpha value is -4.32. The molecule has 14 rings (SSSR count). The van der Waals surface area contributed by atoms with Crippen LogP contribution in [0.5, 0.6) is 23.0 Å². The summed E-state index contributed by atoms with van der Waals surface area (Å²) in [4.78, 5) is 17.9. The first kappa shape index (κ1) is 36.9. The van der Waals surface area contributed by atoms with Crippen LogP contribution in [0.2, 0.25) is 0 Å². The lowest BCUT2D eigenvalue weighted by atomic mass is 10.1. The van der Waals surface area contributed by atoms with Crippen LogP contribution in [0.1, 0.15) is 57.8 Å². The fourth-order valence-corrected chi connectivity index (χ4v) is 5.28. The molecule has 2 aromatic carbocycles. The second-order valence-electron chi connectivity index (χ2n) is 11.9. The van der Waals surface area contributed by atoms with E-state index in [1.54, 1.807) is 24.8 Å². The Kier molecular flexibility index (Phi) is 16.6. The average molecular weight is 687 g/mol. The van der Waals surface area contributed by atoms with Gasteiger partial charge >= 0.3 is 0 Å². The van der Waals surface area contributed by atoms with Crippen LogP contribution in [-0.4, -0.2) is 86.0 Å². The first-order valence-corrected chi connectivity index (χ1v) is 17.9. The molecule has 8 bridgehead atoms. The molecule has 0 aliphatic carbocycles. The molecule has 4 aromatic rings. The van der Waals surface area contributed by atoms with Gasteiger partial charge in [0.15, 0.2) is 23.1 Å². The number of ether oxygens (including phenoxy) is 7. The van der Waals surface area contributed by atoms with Gasteiger partial charge in [0.1, 0.15) is 24.7 Å². The van der Waals surface area contributed by atoms with E-state index in [4.69, 9.17) is 33.2 Å². The Morgan fingerprint density at radius 2 is 0.600 bits per heavy atom. The molecule has 0 amide bonds. The lowest BCUT2D eigenvalue weighted by Crippen LogP contribution is -2.14. The zero-order chi connectivity index (χ0) is 34.3. The molecule has 0 atom stereocenters. The molecule has 0 N–H and O–H groups in total. The van der Waals surface area contributed by atoms with Crippen molar-refractivity contribution in [3.05, 3.63) is 73.3 Å². The van der Waals surface area contributed by atoms with Crippen molar-refractivity contribution in [2.75, 3.05) is 66.1 Å². The van der Waals surface area contributed by atoms with Crippen molar-refractivity contribution in [2.24, 2.45) is 0 Å². The summed E-state index contributed by atoms with van der Waals surface area (Å²) >= 11 is 0. The molecule has 11 heteroatoms. The lowest BCUT2D eigenvalue weighted by molar-refractivity contribution is 0.00499. The minimum absolute atomic E-state index is 0.448. The summed E-state index contributed by atoms with van der Waals surface area (Å²) in [6.07, 6.45) is 17.6. The molecule has 10 aliphatic heterocycles. The monoisotopic (exact) mass is 686 g/mol. The minimum atomic E-state index is 0.448. The van der Waals surface area contributed by atoms with Gasteiger partial charge in [-0.25, -0.2) is 19.9 Å². The van der Waals surface area contributed by atoms with Gasteiger partial charge in [0, 0.05) is 11.1 Å². The normalized spacial score (nSPS) is 17.3.